The molecule has 0 bridgehead atoms. The van der Waals surface area contributed by atoms with Gasteiger partial charge in [0.05, 0.1) is 5.69 Å². The smallest absolute Gasteiger partial charge is 0.240 e. The lowest BCUT2D eigenvalue weighted by molar-refractivity contribution is -0.130. The predicted octanol–water partition coefficient (Wildman–Crippen LogP) is 2.42. The molecule has 5 nitrogen and oxygen atoms in total. The average molecular weight is 331 g/mol. The highest BCUT2D eigenvalue weighted by molar-refractivity contribution is 6.30. The first-order valence-electron chi connectivity index (χ1n) is 7.72. The number of anilines is 1. The van der Waals surface area contributed by atoms with Gasteiger partial charge in [-0.15, -0.1) is 21.8 Å². The molecule has 1 atom stereocenters. The Morgan fingerprint density at radius 1 is 1.04 bits per heavy atom. The summed E-state index contributed by atoms with van der Waals surface area (Å²) in [6.45, 7) is 4.53. The molecule has 23 heavy (non-hydrogen) atoms. The molecule has 1 fully saturated rings. The Labute approximate surface area is 140 Å². The first-order chi connectivity index (χ1) is 11.1. The third kappa shape index (κ3) is 3.62. The maximum absolute atomic E-state index is 11.9. The van der Waals surface area contributed by atoms with Gasteiger partial charge in [-0.2, -0.15) is 0 Å². The summed E-state index contributed by atoms with van der Waals surface area (Å²) in [5.74, 6) is 0.840. The van der Waals surface area contributed by atoms with Gasteiger partial charge >= 0.3 is 0 Å². The molecule has 1 aliphatic rings. The van der Waals surface area contributed by atoms with E-state index >= 15 is 0 Å². The fourth-order valence-electron chi connectivity index (χ4n) is 2.66. The molecule has 6 heteroatoms. The SMILES string of the molecule is CC(Cl)C(=O)N1CCN(c2ccc(-c3ccccc3)nn2)CC1. The van der Waals surface area contributed by atoms with Crippen LogP contribution in [0.3, 0.4) is 0 Å². The maximum atomic E-state index is 11.9. The Morgan fingerprint density at radius 2 is 1.74 bits per heavy atom. The normalized spacial score (nSPS) is 16.3. The minimum atomic E-state index is -0.466. The number of amides is 1. The van der Waals surface area contributed by atoms with Crippen molar-refractivity contribution in [2.75, 3.05) is 31.1 Å². The average Bonchev–Trinajstić information content (AvgIpc) is 2.62. The predicted molar refractivity (Wildman–Crippen MR) is 91.6 cm³/mol. The van der Waals surface area contributed by atoms with E-state index in [2.05, 4.69) is 15.1 Å². The van der Waals surface area contributed by atoms with E-state index in [4.69, 9.17) is 11.6 Å². The van der Waals surface area contributed by atoms with E-state index in [0.717, 1.165) is 30.2 Å². The van der Waals surface area contributed by atoms with E-state index in [1.54, 1.807) is 11.8 Å². The van der Waals surface area contributed by atoms with Crippen LogP contribution >= 0.6 is 11.6 Å². The molecule has 1 aromatic carbocycles. The van der Waals surface area contributed by atoms with Crippen LogP contribution in [0.2, 0.25) is 0 Å². The second-order valence-electron chi connectivity index (χ2n) is 5.57. The molecular weight excluding hydrogens is 312 g/mol. The summed E-state index contributed by atoms with van der Waals surface area (Å²) < 4.78 is 0. The van der Waals surface area contributed by atoms with E-state index in [1.807, 2.05) is 42.5 Å². The minimum absolute atomic E-state index is 0.00294. The van der Waals surface area contributed by atoms with E-state index in [-0.39, 0.29) is 5.91 Å². The number of nitrogens with zero attached hydrogens (tertiary/aromatic N) is 4. The van der Waals surface area contributed by atoms with Crippen molar-refractivity contribution < 1.29 is 4.79 Å². The lowest BCUT2D eigenvalue weighted by atomic mass is 10.1. The monoisotopic (exact) mass is 330 g/mol. The van der Waals surface area contributed by atoms with Crippen molar-refractivity contribution in [2.24, 2.45) is 0 Å². The minimum Gasteiger partial charge on any atom is -0.352 e. The van der Waals surface area contributed by atoms with Crippen LogP contribution in [0.1, 0.15) is 6.92 Å². The molecule has 1 unspecified atom stereocenters. The van der Waals surface area contributed by atoms with Gasteiger partial charge in [0.15, 0.2) is 5.82 Å². The Balaban J connectivity index is 1.64. The number of hydrogen-bond acceptors (Lipinski definition) is 4. The number of hydrogen-bond donors (Lipinski definition) is 0. The van der Waals surface area contributed by atoms with Gasteiger partial charge in [0.25, 0.3) is 0 Å². The van der Waals surface area contributed by atoms with Gasteiger partial charge in [-0.25, -0.2) is 0 Å². The van der Waals surface area contributed by atoms with Crippen LogP contribution in [0.4, 0.5) is 5.82 Å². The number of piperazine rings is 1. The molecule has 1 aromatic heterocycles. The van der Waals surface area contributed by atoms with Crippen LogP contribution in [0.25, 0.3) is 11.3 Å². The highest BCUT2D eigenvalue weighted by Gasteiger charge is 2.24. The molecule has 2 aromatic rings. The summed E-state index contributed by atoms with van der Waals surface area (Å²) in [6.07, 6.45) is 0. The van der Waals surface area contributed by atoms with E-state index < -0.39 is 5.38 Å². The van der Waals surface area contributed by atoms with Crippen LogP contribution in [-0.4, -0.2) is 52.6 Å². The quantitative estimate of drug-likeness (QED) is 0.811. The Bertz CT molecular complexity index is 652. The van der Waals surface area contributed by atoms with Crippen molar-refractivity contribution >= 4 is 23.3 Å². The standard InChI is InChI=1S/C17H19ClN4O/c1-13(18)17(23)22-11-9-21(10-12-22)16-8-7-15(19-20-16)14-5-3-2-4-6-14/h2-8,13H,9-12H2,1H3. The number of halogens is 1. The molecular formula is C17H19ClN4O. The molecule has 0 spiro atoms. The zero-order chi connectivity index (χ0) is 16.2. The molecule has 0 aliphatic carbocycles. The van der Waals surface area contributed by atoms with Crippen LogP contribution in [-0.2, 0) is 4.79 Å². The molecule has 3 rings (SSSR count). The Hall–Kier alpha value is -2.14. The molecule has 0 radical (unpaired) electrons. The van der Waals surface area contributed by atoms with E-state index in [9.17, 15) is 4.79 Å². The second-order valence-corrected chi connectivity index (χ2v) is 6.23. The highest BCUT2D eigenvalue weighted by atomic mass is 35.5. The van der Waals surface area contributed by atoms with Crippen LogP contribution < -0.4 is 4.90 Å². The van der Waals surface area contributed by atoms with Crippen molar-refractivity contribution in [3.05, 3.63) is 42.5 Å². The van der Waals surface area contributed by atoms with Gasteiger partial charge < -0.3 is 9.80 Å². The van der Waals surface area contributed by atoms with Gasteiger partial charge in [-0.05, 0) is 19.1 Å². The summed E-state index contributed by atoms with van der Waals surface area (Å²) in [4.78, 5) is 15.8. The molecule has 2 heterocycles. The summed E-state index contributed by atoms with van der Waals surface area (Å²) in [5, 5.41) is 8.18. The van der Waals surface area contributed by atoms with Crippen LogP contribution in [0.5, 0.6) is 0 Å². The number of benzene rings is 1. The third-order valence-corrected chi connectivity index (χ3v) is 4.16. The van der Waals surface area contributed by atoms with Gasteiger partial charge in [0.2, 0.25) is 5.91 Å². The van der Waals surface area contributed by atoms with Gasteiger partial charge in [-0.1, -0.05) is 30.3 Å². The van der Waals surface area contributed by atoms with Crippen molar-refractivity contribution in [2.45, 2.75) is 12.3 Å². The van der Waals surface area contributed by atoms with Gasteiger partial charge in [-0.3, -0.25) is 4.79 Å². The molecule has 120 valence electrons. The van der Waals surface area contributed by atoms with E-state index in [1.165, 1.54) is 0 Å². The summed E-state index contributed by atoms with van der Waals surface area (Å²) in [7, 11) is 0. The van der Waals surface area contributed by atoms with Crippen molar-refractivity contribution in [3.8, 4) is 11.3 Å². The largest absolute Gasteiger partial charge is 0.352 e. The summed E-state index contributed by atoms with van der Waals surface area (Å²) >= 11 is 5.86. The number of carbonyl (C=O) groups excluding carboxylic acids is 1. The first-order valence-corrected chi connectivity index (χ1v) is 8.16. The fraction of sp³-hybridized carbons (Fsp3) is 0.353. The summed E-state index contributed by atoms with van der Waals surface area (Å²) in [5.41, 5.74) is 1.91. The second kappa shape index (κ2) is 6.96. The number of aromatic nitrogens is 2. The maximum Gasteiger partial charge on any atom is 0.240 e. The van der Waals surface area contributed by atoms with E-state index in [0.29, 0.717) is 13.1 Å². The van der Waals surface area contributed by atoms with Crippen LogP contribution in [0.15, 0.2) is 42.5 Å². The Morgan fingerprint density at radius 3 is 2.30 bits per heavy atom. The third-order valence-electron chi connectivity index (χ3n) is 3.98. The van der Waals surface area contributed by atoms with Crippen molar-refractivity contribution in [1.82, 2.24) is 15.1 Å². The number of rotatable bonds is 3. The Kier molecular flexibility index (Phi) is 4.76. The molecule has 1 aliphatic heterocycles. The fourth-order valence-corrected chi connectivity index (χ4v) is 2.80. The van der Waals surface area contributed by atoms with Crippen molar-refractivity contribution in [3.63, 3.8) is 0 Å². The topological polar surface area (TPSA) is 49.3 Å². The number of carbonyl (C=O) groups is 1. The van der Waals surface area contributed by atoms with Gasteiger partial charge in [0, 0.05) is 31.7 Å². The molecule has 1 amide bonds. The highest BCUT2D eigenvalue weighted by Crippen LogP contribution is 2.19. The van der Waals surface area contributed by atoms with Crippen molar-refractivity contribution in [1.29, 1.82) is 0 Å². The lowest BCUT2D eigenvalue weighted by Gasteiger charge is -2.35. The molecule has 0 saturated carbocycles. The van der Waals surface area contributed by atoms with Crippen LogP contribution in [0, 0.1) is 0 Å². The van der Waals surface area contributed by atoms with Gasteiger partial charge in [0.1, 0.15) is 5.38 Å². The zero-order valence-electron chi connectivity index (χ0n) is 13.0. The molecule has 0 N–H and O–H groups in total. The zero-order valence-corrected chi connectivity index (χ0v) is 13.8. The number of alkyl halides is 1. The first kappa shape index (κ1) is 15.7. The summed E-state index contributed by atoms with van der Waals surface area (Å²) in [6, 6.07) is 13.9. The molecule has 1 saturated heterocycles. The lowest BCUT2D eigenvalue weighted by Crippen LogP contribution is -2.50.